The van der Waals surface area contributed by atoms with E-state index in [4.69, 9.17) is 4.74 Å². The number of carbonyl (C=O) groups excluding carboxylic acids is 1. The van der Waals surface area contributed by atoms with Gasteiger partial charge in [0.15, 0.2) is 0 Å². The van der Waals surface area contributed by atoms with Crippen molar-refractivity contribution in [2.45, 2.75) is 19.1 Å². The van der Waals surface area contributed by atoms with Gasteiger partial charge in [0.1, 0.15) is 11.8 Å². The first kappa shape index (κ1) is 13.1. The minimum Gasteiger partial charge on any atom is -0.461 e. The Bertz CT molecular complexity index is 352. The van der Waals surface area contributed by atoms with E-state index in [-0.39, 0.29) is 18.1 Å². The lowest BCUT2D eigenvalue weighted by Crippen LogP contribution is -2.20. The largest absolute Gasteiger partial charge is 0.461 e. The Morgan fingerprint density at radius 3 is 2.81 bits per heavy atom. The van der Waals surface area contributed by atoms with Gasteiger partial charge in [-0.25, -0.2) is 4.79 Å². The number of aromatic nitrogens is 1. The van der Waals surface area contributed by atoms with Gasteiger partial charge in [-0.05, 0) is 19.1 Å². The zero-order valence-electron chi connectivity index (χ0n) is 8.88. The highest BCUT2D eigenvalue weighted by atomic mass is 32.1. The fourth-order valence-corrected chi connectivity index (χ4v) is 1.42. The Hall–Kier alpha value is -0.980. The molecule has 0 fully saturated rings. The smallest absolute Gasteiger partial charge is 0.354 e. The standard InChI is InChI=1S/C10H15NO4S/c1-2-15-10(14)7-4-3-6(11-7)9(13)8(12)5-16/h3-4,8-9,11-13,16H,2,5H2,1H3. The monoisotopic (exact) mass is 245 g/mol. The number of rotatable bonds is 5. The van der Waals surface area contributed by atoms with Crippen molar-refractivity contribution in [1.82, 2.24) is 4.98 Å². The summed E-state index contributed by atoms with van der Waals surface area (Å²) in [4.78, 5) is 14.0. The molecule has 90 valence electrons. The van der Waals surface area contributed by atoms with Gasteiger partial charge in [0, 0.05) is 11.4 Å². The van der Waals surface area contributed by atoms with Crippen molar-refractivity contribution in [3.05, 3.63) is 23.5 Å². The highest BCUT2D eigenvalue weighted by Crippen LogP contribution is 2.17. The van der Waals surface area contributed by atoms with Crippen LogP contribution >= 0.6 is 12.6 Å². The molecule has 0 saturated heterocycles. The zero-order chi connectivity index (χ0) is 12.1. The summed E-state index contributed by atoms with van der Waals surface area (Å²) in [6.45, 7) is 2.00. The molecule has 1 heterocycles. The van der Waals surface area contributed by atoms with Crippen LogP contribution in [0, 0.1) is 0 Å². The van der Waals surface area contributed by atoms with Gasteiger partial charge in [0.25, 0.3) is 0 Å². The van der Waals surface area contributed by atoms with E-state index in [0.717, 1.165) is 0 Å². The second-order valence-corrected chi connectivity index (χ2v) is 3.61. The summed E-state index contributed by atoms with van der Waals surface area (Å²) in [5.74, 6) is -0.351. The summed E-state index contributed by atoms with van der Waals surface area (Å²) in [6.07, 6.45) is -2.06. The van der Waals surface area contributed by atoms with E-state index in [2.05, 4.69) is 17.6 Å². The van der Waals surface area contributed by atoms with Crippen LogP contribution in [0.5, 0.6) is 0 Å². The van der Waals surface area contributed by atoms with Crippen molar-refractivity contribution in [1.29, 1.82) is 0 Å². The molecule has 0 radical (unpaired) electrons. The van der Waals surface area contributed by atoms with E-state index in [1.807, 2.05) is 0 Å². The molecule has 3 N–H and O–H groups in total. The van der Waals surface area contributed by atoms with E-state index < -0.39 is 18.2 Å². The molecule has 16 heavy (non-hydrogen) atoms. The average molecular weight is 245 g/mol. The maximum Gasteiger partial charge on any atom is 0.354 e. The molecule has 0 aliphatic heterocycles. The van der Waals surface area contributed by atoms with Crippen molar-refractivity contribution >= 4 is 18.6 Å². The Labute approximate surface area is 98.8 Å². The number of nitrogens with one attached hydrogen (secondary N) is 1. The molecule has 6 heteroatoms. The maximum absolute atomic E-state index is 11.3. The predicted molar refractivity (Wildman–Crippen MR) is 61.6 cm³/mol. The molecule has 0 saturated carbocycles. The van der Waals surface area contributed by atoms with Crippen LogP contribution in [0.3, 0.4) is 0 Å². The van der Waals surface area contributed by atoms with Crippen molar-refractivity contribution in [2.75, 3.05) is 12.4 Å². The van der Waals surface area contributed by atoms with Crippen molar-refractivity contribution in [3.63, 3.8) is 0 Å². The number of aliphatic hydroxyl groups excluding tert-OH is 2. The normalized spacial score (nSPS) is 14.5. The van der Waals surface area contributed by atoms with Crippen LogP contribution in [-0.4, -0.2) is 39.6 Å². The Kier molecular flexibility index (Phi) is 4.85. The molecule has 0 bridgehead atoms. The maximum atomic E-state index is 11.3. The van der Waals surface area contributed by atoms with Crippen molar-refractivity contribution in [2.24, 2.45) is 0 Å². The minimum atomic E-state index is -1.08. The van der Waals surface area contributed by atoms with E-state index in [1.54, 1.807) is 6.92 Å². The van der Waals surface area contributed by atoms with Gasteiger partial charge in [-0.1, -0.05) is 0 Å². The molecule has 2 unspecified atom stereocenters. The Morgan fingerprint density at radius 1 is 1.56 bits per heavy atom. The summed E-state index contributed by atoms with van der Waals surface area (Å²) in [6, 6.07) is 3.03. The van der Waals surface area contributed by atoms with Crippen LogP contribution in [0.25, 0.3) is 0 Å². The molecule has 2 atom stereocenters. The van der Waals surface area contributed by atoms with Gasteiger partial charge in [-0.15, -0.1) is 0 Å². The number of carbonyl (C=O) groups is 1. The molecule has 0 spiro atoms. The first-order chi connectivity index (χ1) is 7.60. The van der Waals surface area contributed by atoms with Gasteiger partial charge < -0.3 is 19.9 Å². The zero-order valence-corrected chi connectivity index (χ0v) is 9.78. The number of aliphatic hydroxyl groups is 2. The SMILES string of the molecule is CCOC(=O)c1ccc(C(O)C(O)CS)[nH]1. The van der Waals surface area contributed by atoms with Gasteiger partial charge in [0.2, 0.25) is 0 Å². The third kappa shape index (κ3) is 3.01. The first-order valence-corrected chi connectivity index (χ1v) is 5.56. The molecule has 0 amide bonds. The Morgan fingerprint density at radius 2 is 2.25 bits per heavy atom. The van der Waals surface area contributed by atoms with Crippen LogP contribution in [0.2, 0.25) is 0 Å². The number of esters is 1. The highest BCUT2D eigenvalue weighted by molar-refractivity contribution is 7.80. The summed E-state index contributed by atoms with van der Waals surface area (Å²) in [5, 5.41) is 19.0. The number of ether oxygens (including phenoxy) is 1. The van der Waals surface area contributed by atoms with E-state index in [9.17, 15) is 15.0 Å². The van der Waals surface area contributed by atoms with Crippen molar-refractivity contribution in [3.8, 4) is 0 Å². The molecule has 1 aromatic heterocycles. The van der Waals surface area contributed by atoms with Crippen molar-refractivity contribution < 1.29 is 19.7 Å². The first-order valence-electron chi connectivity index (χ1n) is 4.93. The second kappa shape index (κ2) is 5.93. The minimum absolute atomic E-state index is 0.134. The lowest BCUT2D eigenvalue weighted by molar-refractivity contribution is 0.0310. The fraction of sp³-hybridized carbons (Fsp3) is 0.500. The van der Waals surface area contributed by atoms with Crippen LogP contribution in [0.15, 0.2) is 12.1 Å². The molecule has 0 aliphatic carbocycles. The number of thiol groups is 1. The second-order valence-electron chi connectivity index (χ2n) is 3.24. The third-order valence-electron chi connectivity index (χ3n) is 2.07. The number of aromatic amines is 1. The lowest BCUT2D eigenvalue weighted by atomic mass is 10.2. The summed E-state index contributed by atoms with van der Waals surface area (Å²) in [7, 11) is 0. The van der Waals surface area contributed by atoms with Gasteiger partial charge in [0.05, 0.1) is 12.7 Å². The Balaban J connectivity index is 2.74. The van der Waals surface area contributed by atoms with Crippen LogP contribution in [0.4, 0.5) is 0 Å². The lowest BCUT2D eigenvalue weighted by Gasteiger charge is -2.13. The summed E-state index contributed by atoms with van der Waals surface area (Å²) >= 11 is 3.87. The summed E-state index contributed by atoms with van der Waals surface area (Å²) in [5.41, 5.74) is 0.617. The van der Waals surface area contributed by atoms with E-state index in [1.165, 1.54) is 12.1 Å². The van der Waals surface area contributed by atoms with Crippen LogP contribution in [0.1, 0.15) is 29.2 Å². The number of H-pyrrole nitrogens is 1. The van der Waals surface area contributed by atoms with E-state index in [0.29, 0.717) is 5.69 Å². The van der Waals surface area contributed by atoms with Crippen LogP contribution in [-0.2, 0) is 4.74 Å². The van der Waals surface area contributed by atoms with E-state index >= 15 is 0 Å². The molecule has 1 aromatic rings. The molecule has 1 rings (SSSR count). The average Bonchev–Trinajstić information content (AvgIpc) is 2.76. The number of hydrogen-bond acceptors (Lipinski definition) is 5. The quantitative estimate of drug-likeness (QED) is 0.450. The third-order valence-corrected chi connectivity index (χ3v) is 2.45. The molecular formula is C10H15NO4S. The topological polar surface area (TPSA) is 82.6 Å². The molecule has 0 aliphatic rings. The number of hydrogen-bond donors (Lipinski definition) is 4. The molecule has 5 nitrogen and oxygen atoms in total. The highest BCUT2D eigenvalue weighted by Gasteiger charge is 2.19. The molecular weight excluding hydrogens is 230 g/mol. The summed E-state index contributed by atoms with van der Waals surface area (Å²) < 4.78 is 4.78. The fourth-order valence-electron chi connectivity index (χ4n) is 1.22. The van der Waals surface area contributed by atoms with Crippen LogP contribution < -0.4 is 0 Å². The predicted octanol–water partition coefficient (Wildman–Crippen LogP) is 0.515. The van der Waals surface area contributed by atoms with Gasteiger partial charge >= 0.3 is 5.97 Å². The van der Waals surface area contributed by atoms with Gasteiger partial charge in [-0.2, -0.15) is 12.6 Å². The van der Waals surface area contributed by atoms with Gasteiger partial charge in [-0.3, -0.25) is 0 Å². The molecule has 0 aromatic carbocycles.